The molecule has 0 aromatic heterocycles. The second-order valence-electron chi connectivity index (χ2n) is 5.75. The first kappa shape index (κ1) is 17.9. The highest BCUT2D eigenvalue weighted by Crippen LogP contribution is 2.16. The van der Waals surface area contributed by atoms with Gasteiger partial charge in [0.1, 0.15) is 5.82 Å². The highest BCUT2D eigenvalue weighted by Gasteiger charge is 2.19. The quantitative estimate of drug-likeness (QED) is 0.857. The normalized spacial score (nSPS) is 14.7. The Labute approximate surface area is 140 Å². The molecule has 2 rings (SSSR count). The number of nitrogens with zero attached hydrogens (tertiary/aromatic N) is 1. The van der Waals surface area contributed by atoms with Crippen molar-refractivity contribution in [2.24, 2.45) is 0 Å². The molecule has 2 amide bonds. The van der Waals surface area contributed by atoms with Crippen LogP contribution in [0.5, 0.6) is 0 Å². The van der Waals surface area contributed by atoms with Gasteiger partial charge in [-0.3, -0.25) is 9.59 Å². The highest BCUT2D eigenvalue weighted by atomic mass is 19.1. The number of benzene rings is 1. The van der Waals surface area contributed by atoms with Gasteiger partial charge in [0.25, 0.3) is 5.91 Å². The van der Waals surface area contributed by atoms with Crippen molar-refractivity contribution in [2.45, 2.75) is 32.6 Å². The summed E-state index contributed by atoms with van der Waals surface area (Å²) in [5.74, 6) is -2.31. The minimum absolute atomic E-state index is 0.274. The van der Waals surface area contributed by atoms with Crippen molar-refractivity contribution >= 4 is 23.5 Å². The largest absolute Gasteiger partial charge is 0.452 e. The zero-order chi connectivity index (χ0) is 17.5. The maximum absolute atomic E-state index is 13.8. The number of hydrogen-bond acceptors (Lipinski definition) is 4. The van der Waals surface area contributed by atoms with Gasteiger partial charge >= 0.3 is 5.97 Å². The van der Waals surface area contributed by atoms with Crippen LogP contribution in [0.4, 0.5) is 10.1 Å². The Morgan fingerprint density at radius 1 is 1.17 bits per heavy atom. The number of nitrogens with one attached hydrogen (secondary N) is 1. The van der Waals surface area contributed by atoms with E-state index in [9.17, 15) is 18.8 Å². The van der Waals surface area contributed by atoms with Crippen molar-refractivity contribution in [2.75, 3.05) is 25.0 Å². The SMILES string of the molecule is CC(=O)Nc1ccc(F)c(C(=O)OCC(=O)N2CCCCCC2)c1. The first-order valence-corrected chi connectivity index (χ1v) is 7.99. The third-order valence-corrected chi connectivity index (χ3v) is 3.79. The van der Waals surface area contributed by atoms with Gasteiger partial charge in [0.2, 0.25) is 5.91 Å². The monoisotopic (exact) mass is 336 g/mol. The average Bonchev–Trinajstić information content (AvgIpc) is 2.83. The van der Waals surface area contributed by atoms with Gasteiger partial charge in [0.05, 0.1) is 5.56 Å². The van der Waals surface area contributed by atoms with E-state index in [1.165, 1.54) is 19.1 Å². The molecule has 1 heterocycles. The molecular weight excluding hydrogens is 315 g/mol. The third-order valence-electron chi connectivity index (χ3n) is 3.79. The van der Waals surface area contributed by atoms with Crippen molar-refractivity contribution in [1.29, 1.82) is 0 Å². The Bertz CT molecular complexity index is 625. The van der Waals surface area contributed by atoms with Crippen LogP contribution in [0.15, 0.2) is 18.2 Å². The van der Waals surface area contributed by atoms with Crippen molar-refractivity contribution in [1.82, 2.24) is 4.90 Å². The second-order valence-corrected chi connectivity index (χ2v) is 5.75. The number of carbonyl (C=O) groups excluding carboxylic acids is 3. The van der Waals surface area contributed by atoms with Crippen LogP contribution in [0.3, 0.4) is 0 Å². The van der Waals surface area contributed by atoms with Crippen molar-refractivity contribution in [3.63, 3.8) is 0 Å². The second kappa shape index (κ2) is 8.42. The molecule has 1 aliphatic rings. The fraction of sp³-hybridized carbons (Fsp3) is 0.471. The van der Waals surface area contributed by atoms with Crippen LogP contribution in [0.1, 0.15) is 43.0 Å². The van der Waals surface area contributed by atoms with Gasteiger partial charge in [0, 0.05) is 25.7 Å². The molecule has 0 aliphatic carbocycles. The molecule has 0 spiro atoms. The molecule has 7 heteroatoms. The summed E-state index contributed by atoms with van der Waals surface area (Å²) in [4.78, 5) is 36.8. The zero-order valence-corrected chi connectivity index (χ0v) is 13.6. The number of ether oxygens (including phenoxy) is 1. The van der Waals surface area contributed by atoms with Gasteiger partial charge < -0.3 is 15.0 Å². The number of anilines is 1. The predicted molar refractivity (Wildman–Crippen MR) is 86.0 cm³/mol. The summed E-state index contributed by atoms with van der Waals surface area (Å²) >= 11 is 0. The molecule has 1 saturated heterocycles. The molecule has 1 aliphatic heterocycles. The molecule has 0 radical (unpaired) electrons. The van der Waals surface area contributed by atoms with Crippen LogP contribution in [-0.2, 0) is 14.3 Å². The Hall–Kier alpha value is -2.44. The topological polar surface area (TPSA) is 75.7 Å². The maximum atomic E-state index is 13.8. The molecule has 0 bridgehead atoms. The van der Waals surface area contributed by atoms with Crippen LogP contribution < -0.4 is 5.32 Å². The summed E-state index contributed by atoms with van der Waals surface area (Å²) in [5, 5.41) is 2.46. The van der Waals surface area contributed by atoms with Crippen molar-refractivity contribution < 1.29 is 23.5 Å². The third kappa shape index (κ3) is 5.04. The molecule has 0 saturated carbocycles. The summed E-state index contributed by atoms with van der Waals surface area (Å²) in [6, 6.07) is 3.60. The summed E-state index contributed by atoms with van der Waals surface area (Å²) in [6.07, 6.45) is 4.05. The molecule has 130 valence electrons. The molecule has 1 N–H and O–H groups in total. The zero-order valence-electron chi connectivity index (χ0n) is 13.6. The lowest BCUT2D eigenvalue weighted by molar-refractivity contribution is -0.134. The molecule has 1 aromatic carbocycles. The molecule has 24 heavy (non-hydrogen) atoms. The molecule has 1 aromatic rings. The molecule has 6 nitrogen and oxygen atoms in total. The van der Waals surface area contributed by atoms with E-state index in [0.717, 1.165) is 31.7 Å². The van der Waals surface area contributed by atoms with Gasteiger partial charge in [-0.25, -0.2) is 9.18 Å². The Morgan fingerprint density at radius 3 is 2.46 bits per heavy atom. The lowest BCUT2D eigenvalue weighted by atomic mass is 10.2. The number of likely N-dealkylation sites (tertiary alicyclic amines) is 1. The van der Waals surface area contributed by atoms with Crippen molar-refractivity contribution in [3.8, 4) is 0 Å². The van der Waals surface area contributed by atoms with Gasteiger partial charge in [-0.2, -0.15) is 0 Å². The van der Waals surface area contributed by atoms with Gasteiger partial charge in [-0.05, 0) is 31.0 Å². The van der Waals surface area contributed by atoms with Crippen LogP contribution in [0.2, 0.25) is 0 Å². The highest BCUT2D eigenvalue weighted by molar-refractivity contribution is 5.94. The predicted octanol–water partition coefficient (Wildman–Crippen LogP) is 2.34. The van der Waals surface area contributed by atoms with Crippen LogP contribution in [0, 0.1) is 5.82 Å². The smallest absolute Gasteiger partial charge is 0.341 e. The number of amides is 2. The van der Waals surface area contributed by atoms with Gasteiger partial charge in [0.15, 0.2) is 6.61 Å². The minimum Gasteiger partial charge on any atom is -0.452 e. The summed E-state index contributed by atoms with van der Waals surface area (Å²) in [7, 11) is 0. The summed E-state index contributed by atoms with van der Waals surface area (Å²) in [6.45, 7) is 2.20. The van der Waals surface area contributed by atoms with E-state index in [0.29, 0.717) is 13.1 Å². The minimum atomic E-state index is -0.928. The maximum Gasteiger partial charge on any atom is 0.341 e. The van der Waals surface area contributed by atoms with Crippen LogP contribution in [-0.4, -0.2) is 42.4 Å². The molecule has 1 fully saturated rings. The Balaban J connectivity index is 1.96. The molecular formula is C17H21FN2O4. The van der Waals surface area contributed by atoms with E-state index in [1.807, 2.05) is 0 Å². The first-order chi connectivity index (χ1) is 11.5. The van der Waals surface area contributed by atoms with E-state index in [1.54, 1.807) is 4.90 Å². The fourth-order valence-corrected chi connectivity index (χ4v) is 2.58. The van der Waals surface area contributed by atoms with Gasteiger partial charge in [-0.1, -0.05) is 12.8 Å². The molecule has 0 unspecified atom stereocenters. The van der Waals surface area contributed by atoms with Gasteiger partial charge in [-0.15, -0.1) is 0 Å². The van der Waals surface area contributed by atoms with E-state index in [4.69, 9.17) is 4.74 Å². The number of hydrogen-bond donors (Lipinski definition) is 1. The van der Waals surface area contributed by atoms with E-state index in [-0.39, 0.29) is 23.1 Å². The van der Waals surface area contributed by atoms with Crippen LogP contribution in [0.25, 0.3) is 0 Å². The van der Waals surface area contributed by atoms with E-state index < -0.39 is 18.4 Å². The standard InChI is InChI=1S/C17H21FN2O4/c1-12(21)19-13-6-7-15(18)14(10-13)17(23)24-11-16(22)20-8-4-2-3-5-9-20/h6-7,10H,2-5,8-9,11H2,1H3,(H,19,21). The van der Waals surface area contributed by atoms with E-state index in [2.05, 4.69) is 5.32 Å². The first-order valence-electron chi connectivity index (χ1n) is 7.99. The molecule has 0 atom stereocenters. The van der Waals surface area contributed by atoms with E-state index >= 15 is 0 Å². The number of halogens is 1. The van der Waals surface area contributed by atoms with Crippen LogP contribution >= 0.6 is 0 Å². The summed E-state index contributed by atoms with van der Waals surface area (Å²) < 4.78 is 18.7. The Kier molecular flexibility index (Phi) is 6.28. The van der Waals surface area contributed by atoms with Crippen molar-refractivity contribution in [3.05, 3.63) is 29.6 Å². The Morgan fingerprint density at radius 2 is 1.83 bits per heavy atom. The summed E-state index contributed by atoms with van der Waals surface area (Å²) in [5.41, 5.74) is -0.0281. The lowest BCUT2D eigenvalue weighted by Gasteiger charge is -2.20. The lowest BCUT2D eigenvalue weighted by Crippen LogP contribution is -2.35. The number of carbonyl (C=O) groups is 3. The average molecular weight is 336 g/mol. The number of esters is 1. The number of rotatable bonds is 4. The fourth-order valence-electron chi connectivity index (χ4n) is 2.58.